The highest BCUT2D eigenvalue weighted by Crippen LogP contribution is 2.07. The second-order valence-corrected chi connectivity index (χ2v) is 5.43. The van der Waals surface area contributed by atoms with Crippen LogP contribution in [0.5, 0.6) is 0 Å². The van der Waals surface area contributed by atoms with E-state index >= 15 is 0 Å². The Kier molecular flexibility index (Phi) is 5.53. The molecule has 0 fully saturated rings. The highest BCUT2D eigenvalue weighted by molar-refractivity contribution is 7.89. The molecule has 0 amide bonds. The van der Waals surface area contributed by atoms with Gasteiger partial charge in [-0.15, -0.1) is 6.58 Å². The molecule has 1 atom stereocenters. The van der Waals surface area contributed by atoms with Crippen molar-refractivity contribution < 1.29 is 18.3 Å². The molecule has 5 nitrogen and oxygen atoms in total. The van der Waals surface area contributed by atoms with Gasteiger partial charge >= 0.3 is 5.97 Å². The summed E-state index contributed by atoms with van der Waals surface area (Å²) >= 11 is 0. The smallest absolute Gasteiger partial charge is 0.304 e. The first-order valence-corrected chi connectivity index (χ1v) is 6.26. The molecule has 1 unspecified atom stereocenters. The summed E-state index contributed by atoms with van der Waals surface area (Å²) in [7, 11) is -3.45. The van der Waals surface area contributed by atoms with Gasteiger partial charge in [-0.25, -0.2) is 13.1 Å². The molecule has 0 aromatic carbocycles. The third-order valence-corrected chi connectivity index (χ3v) is 3.20. The summed E-state index contributed by atoms with van der Waals surface area (Å²) in [4.78, 5) is 10.5. The Morgan fingerprint density at radius 3 is 2.40 bits per heavy atom. The highest BCUT2D eigenvalue weighted by atomic mass is 32.2. The SMILES string of the molecule is C=CCS(=O)(=O)NC(CC(=O)O)C(C)C. The lowest BCUT2D eigenvalue weighted by Gasteiger charge is -2.19. The second kappa shape index (κ2) is 5.87. The molecule has 0 aliphatic heterocycles. The van der Waals surface area contributed by atoms with Crippen LogP contribution in [-0.4, -0.2) is 31.3 Å². The van der Waals surface area contributed by atoms with Crippen molar-refractivity contribution in [1.29, 1.82) is 0 Å². The van der Waals surface area contributed by atoms with Crippen molar-refractivity contribution in [2.75, 3.05) is 5.75 Å². The van der Waals surface area contributed by atoms with Crippen LogP contribution in [0.25, 0.3) is 0 Å². The third-order valence-electron chi connectivity index (χ3n) is 1.87. The van der Waals surface area contributed by atoms with Crippen LogP contribution in [0.15, 0.2) is 12.7 Å². The van der Waals surface area contributed by atoms with E-state index in [-0.39, 0.29) is 18.1 Å². The van der Waals surface area contributed by atoms with Gasteiger partial charge in [0, 0.05) is 6.04 Å². The van der Waals surface area contributed by atoms with Crippen molar-refractivity contribution in [3.05, 3.63) is 12.7 Å². The summed E-state index contributed by atoms with van der Waals surface area (Å²) in [5, 5.41) is 8.60. The fourth-order valence-electron chi connectivity index (χ4n) is 1.04. The first-order valence-electron chi connectivity index (χ1n) is 4.61. The number of nitrogens with one attached hydrogen (secondary N) is 1. The minimum absolute atomic E-state index is 0.0688. The maximum absolute atomic E-state index is 11.4. The molecule has 2 N–H and O–H groups in total. The molecule has 0 aliphatic carbocycles. The van der Waals surface area contributed by atoms with Crippen molar-refractivity contribution in [3.63, 3.8) is 0 Å². The Morgan fingerprint density at radius 2 is 2.07 bits per heavy atom. The van der Waals surface area contributed by atoms with Crippen LogP contribution in [-0.2, 0) is 14.8 Å². The van der Waals surface area contributed by atoms with Gasteiger partial charge in [0.15, 0.2) is 0 Å². The van der Waals surface area contributed by atoms with Crippen molar-refractivity contribution in [3.8, 4) is 0 Å². The maximum atomic E-state index is 11.4. The van der Waals surface area contributed by atoms with E-state index in [1.54, 1.807) is 13.8 Å². The Hall–Kier alpha value is -0.880. The predicted octanol–water partition coefficient (Wildman–Crippen LogP) is 0.591. The lowest BCUT2D eigenvalue weighted by Crippen LogP contribution is -2.40. The van der Waals surface area contributed by atoms with Gasteiger partial charge in [-0.3, -0.25) is 4.79 Å². The van der Waals surface area contributed by atoms with Crippen LogP contribution >= 0.6 is 0 Å². The summed E-state index contributed by atoms with van der Waals surface area (Å²) in [6.07, 6.45) is 1.05. The van der Waals surface area contributed by atoms with E-state index in [0.717, 1.165) is 0 Å². The Morgan fingerprint density at radius 1 is 1.53 bits per heavy atom. The molecule has 0 heterocycles. The third kappa shape index (κ3) is 6.24. The molecule has 0 rings (SSSR count). The van der Waals surface area contributed by atoms with E-state index < -0.39 is 22.0 Å². The molecular formula is C9H17NO4S. The average molecular weight is 235 g/mol. The number of hydrogen-bond acceptors (Lipinski definition) is 3. The van der Waals surface area contributed by atoms with Gasteiger partial charge in [0.05, 0.1) is 12.2 Å². The van der Waals surface area contributed by atoms with Gasteiger partial charge in [0.2, 0.25) is 10.0 Å². The van der Waals surface area contributed by atoms with Crippen molar-refractivity contribution in [2.45, 2.75) is 26.3 Å². The minimum atomic E-state index is -3.45. The van der Waals surface area contributed by atoms with Crippen LogP contribution in [0.3, 0.4) is 0 Å². The lowest BCUT2D eigenvalue weighted by molar-refractivity contribution is -0.137. The normalized spacial score (nSPS) is 13.8. The van der Waals surface area contributed by atoms with Gasteiger partial charge in [0.1, 0.15) is 0 Å². The number of carbonyl (C=O) groups is 1. The fourth-order valence-corrected chi connectivity index (χ4v) is 2.26. The first-order chi connectivity index (χ1) is 6.78. The van der Waals surface area contributed by atoms with Crippen LogP contribution < -0.4 is 4.72 Å². The van der Waals surface area contributed by atoms with Crippen LogP contribution in [0, 0.1) is 5.92 Å². The molecule has 0 spiro atoms. The molecule has 0 aliphatic rings. The average Bonchev–Trinajstić information content (AvgIpc) is 2.00. The summed E-state index contributed by atoms with van der Waals surface area (Å²) in [6.45, 7) is 6.86. The molecule has 0 saturated carbocycles. The topological polar surface area (TPSA) is 83.5 Å². The highest BCUT2D eigenvalue weighted by Gasteiger charge is 2.22. The zero-order chi connectivity index (χ0) is 12.1. The molecule has 0 aromatic heterocycles. The molecule has 0 aromatic rings. The summed E-state index contributed by atoms with van der Waals surface area (Å²) in [6, 6.07) is -0.576. The predicted molar refractivity (Wildman–Crippen MR) is 58.0 cm³/mol. The number of aliphatic carboxylic acids is 1. The monoisotopic (exact) mass is 235 g/mol. The van der Waals surface area contributed by atoms with Crippen molar-refractivity contribution in [2.24, 2.45) is 5.92 Å². The van der Waals surface area contributed by atoms with Crippen molar-refractivity contribution in [1.82, 2.24) is 4.72 Å². The van der Waals surface area contributed by atoms with E-state index in [1.807, 2.05) is 0 Å². The number of rotatable bonds is 7. The molecule has 15 heavy (non-hydrogen) atoms. The van der Waals surface area contributed by atoms with E-state index in [2.05, 4.69) is 11.3 Å². The summed E-state index contributed by atoms with van der Waals surface area (Å²) < 4.78 is 25.0. The molecule has 88 valence electrons. The van der Waals surface area contributed by atoms with E-state index in [1.165, 1.54) is 6.08 Å². The minimum Gasteiger partial charge on any atom is -0.481 e. The number of hydrogen-bond donors (Lipinski definition) is 2. The molecule has 0 saturated heterocycles. The van der Waals surface area contributed by atoms with E-state index in [0.29, 0.717) is 0 Å². The molecule has 0 radical (unpaired) electrons. The zero-order valence-electron chi connectivity index (χ0n) is 8.93. The Bertz CT molecular complexity index is 321. The van der Waals surface area contributed by atoms with Crippen LogP contribution in [0.1, 0.15) is 20.3 Å². The van der Waals surface area contributed by atoms with E-state index in [4.69, 9.17) is 5.11 Å². The van der Waals surface area contributed by atoms with Crippen molar-refractivity contribution >= 4 is 16.0 Å². The largest absolute Gasteiger partial charge is 0.481 e. The lowest BCUT2D eigenvalue weighted by atomic mass is 10.0. The second-order valence-electron chi connectivity index (χ2n) is 3.64. The maximum Gasteiger partial charge on any atom is 0.304 e. The number of sulfonamides is 1. The van der Waals surface area contributed by atoms with Crippen LogP contribution in [0.4, 0.5) is 0 Å². The van der Waals surface area contributed by atoms with Crippen LogP contribution in [0.2, 0.25) is 0 Å². The van der Waals surface area contributed by atoms with E-state index in [9.17, 15) is 13.2 Å². The molecular weight excluding hydrogens is 218 g/mol. The number of carboxylic acid groups (broad SMARTS) is 1. The van der Waals surface area contributed by atoms with Gasteiger partial charge in [-0.05, 0) is 5.92 Å². The Balaban J connectivity index is 4.54. The molecule has 6 heteroatoms. The fraction of sp³-hybridized carbons (Fsp3) is 0.667. The zero-order valence-corrected chi connectivity index (χ0v) is 9.75. The van der Waals surface area contributed by atoms with Gasteiger partial charge in [-0.2, -0.15) is 0 Å². The number of carboxylic acids is 1. The summed E-state index contributed by atoms with van der Waals surface area (Å²) in [5.41, 5.74) is 0. The van der Waals surface area contributed by atoms with Gasteiger partial charge in [-0.1, -0.05) is 19.9 Å². The first kappa shape index (κ1) is 14.1. The standard InChI is InChI=1S/C9H17NO4S/c1-4-5-15(13,14)10-8(7(2)3)6-9(11)12/h4,7-8,10H,1,5-6H2,2-3H3,(H,11,12). The quantitative estimate of drug-likeness (QED) is 0.633. The summed E-state index contributed by atoms with van der Waals surface area (Å²) in [5.74, 6) is -1.29. The van der Waals surface area contributed by atoms with Gasteiger partial charge in [0.25, 0.3) is 0 Å². The Labute approximate surface area is 90.2 Å². The molecule has 0 bridgehead atoms. The van der Waals surface area contributed by atoms with Gasteiger partial charge < -0.3 is 5.11 Å².